The van der Waals surface area contributed by atoms with Gasteiger partial charge in [0.05, 0.1) is 13.0 Å². The van der Waals surface area contributed by atoms with Crippen molar-refractivity contribution in [2.75, 3.05) is 0 Å². The Labute approximate surface area is 114 Å². The molecular weight excluding hydrogens is 272 g/mol. The van der Waals surface area contributed by atoms with Crippen LogP contribution in [0.5, 0.6) is 0 Å². The van der Waals surface area contributed by atoms with Gasteiger partial charge in [-0.3, -0.25) is 14.5 Å². The Balaban J connectivity index is 2.10. The number of carboxylic acid groups (broad SMARTS) is 1. The molecule has 0 aliphatic carbocycles. The van der Waals surface area contributed by atoms with Crippen molar-refractivity contribution in [1.29, 1.82) is 0 Å². The average molecular weight is 283 g/mol. The van der Waals surface area contributed by atoms with Gasteiger partial charge in [-0.25, -0.2) is 4.79 Å². The molecule has 0 aromatic heterocycles. The van der Waals surface area contributed by atoms with Crippen LogP contribution in [0.4, 0.5) is 4.79 Å². The van der Waals surface area contributed by atoms with Crippen LogP contribution in [0.15, 0.2) is 24.3 Å². The van der Waals surface area contributed by atoms with Gasteiger partial charge in [-0.05, 0) is 17.7 Å². The fraction of sp³-hybridized carbons (Fsp3) is 0.250. The summed E-state index contributed by atoms with van der Waals surface area (Å²) in [7, 11) is 0. The second-order valence-corrected chi connectivity index (χ2v) is 4.59. The summed E-state index contributed by atoms with van der Waals surface area (Å²) in [6, 6.07) is 5.19. The molecule has 6 nitrogen and oxygen atoms in total. The average Bonchev–Trinajstić information content (AvgIpc) is 2.56. The largest absolute Gasteiger partial charge is 0.481 e. The molecule has 1 aromatic carbocycles. The third-order valence-corrected chi connectivity index (χ3v) is 2.95. The van der Waals surface area contributed by atoms with E-state index >= 15 is 0 Å². The molecular formula is C12H11ClN2O4. The summed E-state index contributed by atoms with van der Waals surface area (Å²) in [6.07, 6.45) is -0.420. The van der Waals surface area contributed by atoms with Crippen molar-refractivity contribution >= 4 is 29.5 Å². The van der Waals surface area contributed by atoms with Gasteiger partial charge in [0.1, 0.15) is 6.04 Å². The summed E-state index contributed by atoms with van der Waals surface area (Å²) in [5.41, 5.74) is 0.701. The maximum atomic E-state index is 11.9. The molecule has 3 amide bonds. The van der Waals surface area contributed by atoms with Crippen LogP contribution in [0.2, 0.25) is 5.02 Å². The highest BCUT2D eigenvalue weighted by atomic mass is 35.5. The molecule has 0 spiro atoms. The molecule has 0 saturated carbocycles. The van der Waals surface area contributed by atoms with Gasteiger partial charge in [0.25, 0.3) is 5.91 Å². The van der Waals surface area contributed by atoms with E-state index in [2.05, 4.69) is 5.32 Å². The number of rotatable bonds is 4. The lowest BCUT2D eigenvalue weighted by Gasteiger charge is -2.12. The molecule has 1 heterocycles. The first-order valence-corrected chi connectivity index (χ1v) is 5.93. The summed E-state index contributed by atoms with van der Waals surface area (Å²) in [5.74, 6) is -1.67. The minimum atomic E-state index is -1.14. The molecule has 100 valence electrons. The second-order valence-electron chi connectivity index (χ2n) is 4.15. The minimum Gasteiger partial charge on any atom is -0.481 e. The number of hydrogen-bond acceptors (Lipinski definition) is 3. The lowest BCUT2D eigenvalue weighted by atomic mass is 10.2. The van der Waals surface area contributed by atoms with E-state index in [4.69, 9.17) is 16.7 Å². The molecule has 0 radical (unpaired) electrons. The molecule has 0 unspecified atom stereocenters. The number of urea groups is 1. The topological polar surface area (TPSA) is 86.7 Å². The van der Waals surface area contributed by atoms with Gasteiger partial charge in [-0.2, -0.15) is 0 Å². The van der Waals surface area contributed by atoms with E-state index in [9.17, 15) is 14.4 Å². The number of hydrogen-bond donors (Lipinski definition) is 2. The van der Waals surface area contributed by atoms with E-state index < -0.39 is 30.4 Å². The summed E-state index contributed by atoms with van der Waals surface area (Å²) >= 11 is 5.82. The number of carbonyl (C=O) groups is 3. The van der Waals surface area contributed by atoms with E-state index in [1.54, 1.807) is 24.3 Å². The zero-order valence-corrected chi connectivity index (χ0v) is 10.6. The number of nitrogens with zero attached hydrogens (tertiary/aromatic N) is 1. The predicted octanol–water partition coefficient (Wildman–Crippen LogP) is 1.24. The Morgan fingerprint density at radius 1 is 1.42 bits per heavy atom. The molecule has 1 atom stereocenters. The van der Waals surface area contributed by atoms with Gasteiger partial charge >= 0.3 is 12.0 Å². The van der Waals surface area contributed by atoms with Crippen LogP contribution in [0, 0.1) is 0 Å². The number of amides is 3. The monoisotopic (exact) mass is 282 g/mol. The lowest BCUT2D eigenvalue weighted by molar-refractivity contribution is -0.140. The normalized spacial score (nSPS) is 18.6. The summed E-state index contributed by atoms with van der Waals surface area (Å²) in [4.78, 5) is 35.1. The highest BCUT2D eigenvalue weighted by Crippen LogP contribution is 2.16. The molecule has 1 fully saturated rings. The van der Waals surface area contributed by atoms with E-state index in [1.807, 2.05) is 0 Å². The first-order valence-electron chi connectivity index (χ1n) is 5.55. The molecule has 0 bridgehead atoms. The van der Waals surface area contributed by atoms with Crippen molar-refractivity contribution < 1.29 is 19.5 Å². The number of aliphatic carboxylic acids is 1. The number of halogens is 1. The third kappa shape index (κ3) is 3.03. The Kier molecular flexibility index (Phi) is 3.71. The SMILES string of the molecule is O=C(O)C[C@H]1NC(=O)N(Cc2cccc(Cl)c2)C1=O. The van der Waals surface area contributed by atoms with Gasteiger partial charge in [0, 0.05) is 5.02 Å². The van der Waals surface area contributed by atoms with Crippen molar-refractivity contribution in [3.63, 3.8) is 0 Å². The van der Waals surface area contributed by atoms with Crippen molar-refractivity contribution in [1.82, 2.24) is 10.2 Å². The van der Waals surface area contributed by atoms with E-state index in [-0.39, 0.29) is 6.54 Å². The first-order chi connectivity index (χ1) is 8.97. The predicted molar refractivity (Wildman–Crippen MR) is 66.6 cm³/mol. The summed E-state index contributed by atoms with van der Waals surface area (Å²) < 4.78 is 0. The quantitative estimate of drug-likeness (QED) is 0.813. The molecule has 19 heavy (non-hydrogen) atoms. The number of carbonyl (C=O) groups excluding carboxylic acids is 2. The molecule has 1 aromatic rings. The van der Waals surface area contributed by atoms with Crippen LogP contribution >= 0.6 is 11.6 Å². The van der Waals surface area contributed by atoms with Crippen LogP contribution in [0.1, 0.15) is 12.0 Å². The zero-order valence-electron chi connectivity index (χ0n) is 9.80. The fourth-order valence-corrected chi connectivity index (χ4v) is 2.07. The van der Waals surface area contributed by atoms with Crippen LogP contribution in [-0.2, 0) is 16.1 Å². The van der Waals surface area contributed by atoms with Crippen molar-refractivity contribution in [2.45, 2.75) is 19.0 Å². The Hall–Kier alpha value is -2.08. The highest BCUT2D eigenvalue weighted by Gasteiger charge is 2.38. The van der Waals surface area contributed by atoms with Gasteiger partial charge in [-0.1, -0.05) is 23.7 Å². The van der Waals surface area contributed by atoms with Crippen LogP contribution in [0.25, 0.3) is 0 Å². The van der Waals surface area contributed by atoms with Crippen molar-refractivity contribution in [3.8, 4) is 0 Å². The Morgan fingerprint density at radius 2 is 2.16 bits per heavy atom. The zero-order chi connectivity index (χ0) is 14.0. The third-order valence-electron chi connectivity index (χ3n) is 2.72. The lowest BCUT2D eigenvalue weighted by Crippen LogP contribution is -2.32. The van der Waals surface area contributed by atoms with Gasteiger partial charge in [-0.15, -0.1) is 0 Å². The maximum absolute atomic E-state index is 11.9. The standard InChI is InChI=1S/C12H11ClN2O4/c13-8-3-1-2-7(4-8)6-15-11(18)9(5-10(16)17)14-12(15)19/h1-4,9H,5-6H2,(H,14,19)(H,16,17)/t9-/m1/s1. The van der Waals surface area contributed by atoms with Crippen LogP contribution in [0.3, 0.4) is 0 Å². The Bertz CT molecular complexity index is 546. The van der Waals surface area contributed by atoms with E-state index in [1.165, 1.54) is 0 Å². The van der Waals surface area contributed by atoms with Crippen molar-refractivity contribution in [2.24, 2.45) is 0 Å². The number of imide groups is 1. The Morgan fingerprint density at radius 3 is 2.79 bits per heavy atom. The van der Waals surface area contributed by atoms with Gasteiger partial charge in [0.15, 0.2) is 0 Å². The molecule has 1 aliphatic rings. The van der Waals surface area contributed by atoms with E-state index in [0.717, 1.165) is 4.90 Å². The number of nitrogens with one attached hydrogen (secondary N) is 1. The number of carboxylic acids is 1. The van der Waals surface area contributed by atoms with Crippen LogP contribution < -0.4 is 5.32 Å². The smallest absolute Gasteiger partial charge is 0.325 e. The minimum absolute atomic E-state index is 0.0708. The van der Waals surface area contributed by atoms with Gasteiger partial charge in [0.2, 0.25) is 0 Å². The van der Waals surface area contributed by atoms with Gasteiger partial charge < -0.3 is 10.4 Å². The second kappa shape index (κ2) is 5.27. The maximum Gasteiger partial charge on any atom is 0.325 e. The fourth-order valence-electron chi connectivity index (χ4n) is 1.86. The number of benzene rings is 1. The summed E-state index contributed by atoms with van der Waals surface area (Å²) in [6.45, 7) is 0.0708. The van der Waals surface area contributed by atoms with Crippen LogP contribution in [-0.4, -0.2) is 34.0 Å². The molecule has 2 N–H and O–H groups in total. The molecule has 7 heteroatoms. The molecule has 2 rings (SSSR count). The van der Waals surface area contributed by atoms with E-state index in [0.29, 0.717) is 10.6 Å². The molecule has 1 aliphatic heterocycles. The highest BCUT2D eigenvalue weighted by molar-refractivity contribution is 6.30. The first kappa shape index (κ1) is 13.4. The molecule has 1 saturated heterocycles. The van der Waals surface area contributed by atoms with Crippen molar-refractivity contribution in [3.05, 3.63) is 34.9 Å². The summed E-state index contributed by atoms with van der Waals surface area (Å²) in [5, 5.41) is 11.5.